The predicted molar refractivity (Wildman–Crippen MR) is 130 cm³/mol. The van der Waals surface area contributed by atoms with Crippen molar-refractivity contribution in [2.75, 3.05) is 6.54 Å². The summed E-state index contributed by atoms with van der Waals surface area (Å²) in [5.41, 5.74) is 3.26. The number of hydrogen-bond donors (Lipinski definition) is 1. The van der Waals surface area contributed by atoms with Gasteiger partial charge in [-0.05, 0) is 58.5 Å². The number of hydrogen-bond acceptors (Lipinski definition) is 3. The Morgan fingerprint density at radius 3 is 2.45 bits per heavy atom. The third-order valence-electron chi connectivity index (χ3n) is 6.42. The van der Waals surface area contributed by atoms with Gasteiger partial charge in [-0.25, -0.2) is 0 Å². The topological polar surface area (TPSA) is 49.8 Å². The molecule has 4 aromatic rings. The average molecular weight is 438 g/mol. The first-order valence-corrected chi connectivity index (χ1v) is 11.4. The number of carbonyl (C=O) groups is 1. The molecule has 1 N–H and O–H groups in total. The Bertz CT molecular complexity index is 1250. The van der Waals surface area contributed by atoms with E-state index in [2.05, 4.69) is 47.4 Å². The van der Waals surface area contributed by atoms with Gasteiger partial charge in [0.25, 0.3) is 0 Å². The highest BCUT2D eigenvalue weighted by atomic mass is 16.5. The van der Waals surface area contributed by atoms with E-state index >= 15 is 0 Å². The molecule has 0 bridgehead atoms. The number of nitrogens with zero attached hydrogens (tertiary/aromatic N) is 1. The Morgan fingerprint density at radius 1 is 0.879 bits per heavy atom. The van der Waals surface area contributed by atoms with E-state index in [4.69, 9.17) is 4.74 Å². The van der Waals surface area contributed by atoms with Gasteiger partial charge < -0.3 is 9.84 Å². The fourth-order valence-corrected chi connectivity index (χ4v) is 4.83. The van der Waals surface area contributed by atoms with Crippen LogP contribution in [0.1, 0.15) is 35.6 Å². The minimum absolute atomic E-state index is 0.154. The highest BCUT2D eigenvalue weighted by molar-refractivity contribution is 5.83. The van der Waals surface area contributed by atoms with Gasteiger partial charge in [-0.2, -0.15) is 0 Å². The van der Waals surface area contributed by atoms with Crippen molar-refractivity contribution in [1.29, 1.82) is 0 Å². The number of carboxylic acids is 1. The number of ether oxygens (including phenoxy) is 1. The summed E-state index contributed by atoms with van der Waals surface area (Å²) in [7, 11) is 0. The van der Waals surface area contributed by atoms with Gasteiger partial charge in [-0.1, -0.05) is 78.9 Å². The summed E-state index contributed by atoms with van der Waals surface area (Å²) in [6.07, 6.45) is 1.55. The van der Waals surface area contributed by atoms with E-state index in [0.717, 1.165) is 40.8 Å². The zero-order chi connectivity index (χ0) is 22.6. The lowest BCUT2D eigenvalue weighted by atomic mass is 9.94. The Labute approximate surface area is 194 Å². The molecule has 4 nitrogen and oxygen atoms in total. The Kier molecular flexibility index (Phi) is 6.09. The molecule has 4 aromatic carbocycles. The highest BCUT2D eigenvalue weighted by Gasteiger charge is 2.37. The number of aliphatic carboxylic acids is 1. The summed E-state index contributed by atoms with van der Waals surface area (Å²) >= 11 is 0. The minimum atomic E-state index is -0.755. The highest BCUT2D eigenvalue weighted by Crippen LogP contribution is 2.37. The van der Waals surface area contributed by atoms with E-state index in [1.165, 1.54) is 5.39 Å². The second kappa shape index (κ2) is 9.47. The van der Waals surface area contributed by atoms with Gasteiger partial charge in [0.05, 0.1) is 6.04 Å². The number of likely N-dealkylation sites (tertiary alicyclic amines) is 1. The van der Waals surface area contributed by atoms with Crippen molar-refractivity contribution in [3.8, 4) is 5.75 Å². The lowest BCUT2D eigenvalue weighted by molar-refractivity contribution is -0.142. The van der Waals surface area contributed by atoms with Crippen LogP contribution in [0, 0.1) is 0 Å². The van der Waals surface area contributed by atoms with Crippen molar-refractivity contribution < 1.29 is 14.6 Å². The molecular weight excluding hydrogens is 410 g/mol. The first kappa shape index (κ1) is 21.2. The van der Waals surface area contributed by atoms with Crippen LogP contribution in [0.2, 0.25) is 0 Å². The first-order valence-electron chi connectivity index (χ1n) is 11.4. The van der Waals surface area contributed by atoms with Gasteiger partial charge in [0.2, 0.25) is 0 Å². The molecule has 1 fully saturated rings. The minimum Gasteiger partial charge on any atom is -0.489 e. The van der Waals surface area contributed by atoms with Crippen molar-refractivity contribution in [3.05, 3.63) is 114 Å². The van der Waals surface area contributed by atoms with Crippen LogP contribution in [-0.4, -0.2) is 28.6 Å². The molecule has 0 amide bonds. The van der Waals surface area contributed by atoms with Crippen LogP contribution in [0.3, 0.4) is 0 Å². The molecule has 1 aliphatic heterocycles. The van der Waals surface area contributed by atoms with E-state index < -0.39 is 12.0 Å². The zero-order valence-electron chi connectivity index (χ0n) is 18.4. The largest absolute Gasteiger partial charge is 0.489 e. The second-order valence-corrected chi connectivity index (χ2v) is 8.59. The van der Waals surface area contributed by atoms with Crippen LogP contribution in [0.25, 0.3) is 10.8 Å². The zero-order valence-corrected chi connectivity index (χ0v) is 18.4. The lowest BCUT2D eigenvalue weighted by Gasteiger charge is -2.32. The molecule has 33 heavy (non-hydrogen) atoms. The maximum Gasteiger partial charge on any atom is 0.320 e. The van der Waals surface area contributed by atoms with Gasteiger partial charge in [0, 0.05) is 6.54 Å². The van der Waals surface area contributed by atoms with Crippen molar-refractivity contribution in [2.24, 2.45) is 0 Å². The summed E-state index contributed by atoms with van der Waals surface area (Å²) in [5.74, 6) is 0.0305. The smallest absolute Gasteiger partial charge is 0.320 e. The molecule has 0 radical (unpaired) electrons. The van der Waals surface area contributed by atoms with E-state index in [1.54, 1.807) is 0 Å². The number of carboxylic acid groups (broad SMARTS) is 1. The molecule has 1 saturated heterocycles. The molecule has 4 heteroatoms. The van der Waals surface area contributed by atoms with Gasteiger partial charge in [0.15, 0.2) is 0 Å². The molecule has 0 spiro atoms. The standard InChI is InChI=1S/C29H27NO3/c31-29(32)27-14-7-17-30(27)28(25-16-15-22-10-4-5-11-23(22)18-25)24-12-6-13-26(19-24)33-20-21-8-2-1-3-9-21/h1-6,8-13,15-16,18-19,27-28H,7,14,17,20H2,(H,31,32). The van der Waals surface area contributed by atoms with Crippen molar-refractivity contribution >= 4 is 16.7 Å². The summed E-state index contributed by atoms with van der Waals surface area (Å²) < 4.78 is 6.09. The fourth-order valence-electron chi connectivity index (χ4n) is 4.83. The van der Waals surface area contributed by atoms with Crippen LogP contribution in [0.5, 0.6) is 5.75 Å². The van der Waals surface area contributed by atoms with Gasteiger partial charge in [0.1, 0.15) is 18.4 Å². The first-order chi connectivity index (χ1) is 16.2. The average Bonchev–Trinajstić information content (AvgIpc) is 3.34. The lowest BCUT2D eigenvalue weighted by Crippen LogP contribution is -2.39. The molecule has 0 aliphatic carbocycles. The van der Waals surface area contributed by atoms with Gasteiger partial charge >= 0.3 is 5.97 Å². The van der Waals surface area contributed by atoms with E-state index in [-0.39, 0.29) is 6.04 Å². The van der Waals surface area contributed by atoms with Crippen molar-refractivity contribution in [1.82, 2.24) is 4.90 Å². The summed E-state index contributed by atoms with van der Waals surface area (Å²) in [6.45, 7) is 1.25. The summed E-state index contributed by atoms with van der Waals surface area (Å²) in [6, 6.07) is 32.3. The molecule has 1 aliphatic rings. The molecule has 5 rings (SSSR count). The van der Waals surface area contributed by atoms with E-state index in [0.29, 0.717) is 13.0 Å². The SMILES string of the molecule is O=C(O)C1CCCN1C(c1cccc(OCc2ccccc2)c1)c1ccc2ccccc2c1. The monoisotopic (exact) mass is 437 g/mol. The van der Waals surface area contributed by atoms with Crippen molar-refractivity contribution in [2.45, 2.75) is 31.5 Å². The predicted octanol–water partition coefficient (Wildman–Crippen LogP) is 6.06. The number of rotatable bonds is 7. The van der Waals surface area contributed by atoms with Crippen LogP contribution in [-0.2, 0) is 11.4 Å². The second-order valence-electron chi connectivity index (χ2n) is 8.59. The van der Waals surface area contributed by atoms with Crippen LogP contribution in [0.4, 0.5) is 0 Å². The molecule has 0 saturated carbocycles. The van der Waals surface area contributed by atoms with Crippen LogP contribution >= 0.6 is 0 Å². The number of benzene rings is 4. The van der Waals surface area contributed by atoms with Crippen LogP contribution < -0.4 is 4.74 Å². The molecule has 2 unspecified atom stereocenters. The Balaban J connectivity index is 1.52. The summed E-state index contributed by atoms with van der Waals surface area (Å²) in [4.78, 5) is 14.2. The maximum atomic E-state index is 12.1. The summed E-state index contributed by atoms with van der Waals surface area (Å²) in [5, 5.41) is 12.2. The Hall–Kier alpha value is -3.63. The molecule has 166 valence electrons. The van der Waals surface area contributed by atoms with Crippen molar-refractivity contribution in [3.63, 3.8) is 0 Å². The van der Waals surface area contributed by atoms with Gasteiger partial charge in [-0.15, -0.1) is 0 Å². The maximum absolute atomic E-state index is 12.1. The van der Waals surface area contributed by atoms with Gasteiger partial charge in [-0.3, -0.25) is 9.69 Å². The quantitative estimate of drug-likeness (QED) is 0.382. The fraction of sp³-hybridized carbons (Fsp3) is 0.207. The Morgan fingerprint density at radius 2 is 1.64 bits per heavy atom. The molecular formula is C29H27NO3. The molecule has 1 heterocycles. The third-order valence-corrected chi connectivity index (χ3v) is 6.42. The molecule has 2 atom stereocenters. The normalized spacial score (nSPS) is 17.2. The number of fused-ring (bicyclic) bond motifs is 1. The van der Waals surface area contributed by atoms with E-state index in [1.807, 2.05) is 54.6 Å². The third kappa shape index (κ3) is 4.62. The van der Waals surface area contributed by atoms with Crippen LogP contribution in [0.15, 0.2) is 97.1 Å². The molecule has 0 aromatic heterocycles. The van der Waals surface area contributed by atoms with E-state index in [9.17, 15) is 9.90 Å².